The van der Waals surface area contributed by atoms with Crippen molar-refractivity contribution in [2.45, 2.75) is 19.4 Å². The highest BCUT2D eigenvalue weighted by molar-refractivity contribution is 5.93. The van der Waals surface area contributed by atoms with E-state index in [1.54, 1.807) is 6.07 Å². The van der Waals surface area contributed by atoms with Crippen molar-refractivity contribution in [1.82, 2.24) is 9.88 Å². The lowest BCUT2D eigenvalue weighted by molar-refractivity contribution is -0.121. The van der Waals surface area contributed by atoms with Crippen LogP contribution in [0.5, 0.6) is 0 Å². The highest BCUT2D eigenvalue weighted by Crippen LogP contribution is 2.23. The van der Waals surface area contributed by atoms with E-state index in [0.717, 1.165) is 42.4 Å². The van der Waals surface area contributed by atoms with Gasteiger partial charge in [-0.15, -0.1) is 0 Å². The minimum absolute atomic E-state index is 0.00684. The second-order valence-electron chi connectivity index (χ2n) is 7.47. The third-order valence-electron chi connectivity index (χ3n) is 5.33. The molecule has 1 unspecified atom stereocenters. The van der Waals surface area contributed by atoms with Crippen molar-refractivity contribution in [2.75, 3.05) is 18.4 Å². The molecule has 4 nitrogen and oxygen atoms in total. The highest BCUT2D eigenvalue weighted by Gasteiger charge is 2.26. The number of carbonyl (C=O) groups excluding carboxylic acids is 1. The van der Waals surface area contributed by atoms with E-state index in [1.165, 1.54) is 6.07 Å². The fraction of sp³-hybridized carbons (Fsp3) is 0.261. The average Bonchev–Trinajstić information content (AvgIpc) is 3.26. The zero-order chi connectivity index (χ0) is 20.2. The molecule has 1 saturated heterocycles. The number of benzene rings is 2. The van der Waals surface area contributed by atoms with Crippen LogP contribution in [0.4, 0.5) is 14.5 Å². The van der Waals surface area contributed by atoms with E-state index in [4.69, 9.17) is 0 Å². The van der Waals surface area contributed by atoms with Gasteiger partial charge in [0.15, 0.2) is 11.6 Å². The summed E-state index contributed by atoms with van der Waals surface area (Å²) < 4.78 is 26.6. The highest BCUT2D eigenvalue weighted by atomic mass is 19.2. The molecule has 1 atom stereocenters. The SMILES string of the molecule is O=C(Nc1ccc(-c2ccc[nH]2)cc1)C1CCCN(Cc2ccc(F)c(F)c2)C1. The lowest BCUT2D eigenvalue weighted by atomic mass is 9.96. The van der Waals surface area contributed by atoms with E-state index in [0.29, 0.717) is 18.7 Å². The Hall–Kier alpha value is -2.99. The van der Waals surface area contributed by atoms with E-state index in [1.807, 2.05) is 42.6 Å². The van der Waals surface area contributed by atoms with Gasteiger partial charge in [-0.3, -0.25) is 9.69 Å². The van der Waals surface area contributed by atoms with Crippen LogP contribution in [0.25, 0.3) is 11.3 Å². The summed E-state index contributed by atoms with van der Waals surface area (Å²) in [5.41, 5.74) is 3.57. The number of anilines is 1. The minimum atomic E-state index is -0.841. The topological polar surface area (TPSA) is 48.1 Å². The van der Waals surface area contributed by atoms with Crippen LogP contribution in [-0.4, -0.2) is 28.9 Å². The minimum Gasteiger partial charge on any atom is -0.361 e. The summed E-state index contributed by atoms with van der Waals surface area (Å²) >= 11 is 0. The van der Waals surface area contributed by atoms with Crippen LogP contribution in [0, 0.1) is 17.6 Å². The van der Waals surface area contributed by atoms with Gasteiger partial charge in [-0.05, 0) is 66.9 Å². The van der Waals surface area contributed by atoms with Crippen molar-refractivity contribution in [3.63, 3.8) is 0 Å². The van der Waals surface area contributed by atoms with Gasteiger partial charge >= 0.3 is 0 Å². The molecule has 150 valence electrons. The molecular weight excluding hydrogens is 372 g/mol. The molecule has 29 heavy (non-hydrogen) atoms. The molecule has 2 aromatic carbocycles. The second-order valence-corrected chi connectivity index (χ2v) is 7.47. The fourth-order valence-corrected chi connectivity index (χ4v) is 3.80. The molecule has 1 amide bonds. The molecule has 0 spiro atoms. The van der Waals surface area contributed by atoms with Crippen LogP contribution in [0.3, 0.4) is 0 Å². The largest absolute Gasteiger partial charge is 0.361 e. The fourth-order valence-electron chi connectivity index (χ4n) is 3.80. The predicted molar refractivity (Wildman–Crippen MR) is 109 cm³/mol. The van der Waals surface area contributed by atoms with Crippen molar-refractivity contribution in [1.29, 1.82) is 0 Å². The molecule has 2 heterocycles. The lowest BCUT2D eigenvalue weighted by Crippen LogP contribution is -2.40. The molecule has 1 aliphatic heterocycles. The number of H-pyrrole nitrogens is 1. The Morgan fingerprint density at radius 2 is 1.93 bits per heavy atom. The van der Waals surface area contributed by atoms with Crippen LogP contribution < -0.4 is 5.32 Å². The first kappa shape index (κ1) is 19.3. The molecule has 6 heteroatoms. The van der Waals surface area contributed by atoms with Crippen LogP contribution in [0.1, 0.15) is 18.4 Å². The van der Waals surface area contributed by atoms with Gasteiger partial charge in [0.25, 0.3) is 0 Å². The van der Waals surface area contributed by atoms with Gasteiger partial charge in [0.1, 0.15) is 0 Å². The molecule has 0 saturated carbocycles. The van der Waals surface area contributed by atoms with Crippen molar-refractivity contribution < 1.29 is 13.6 Å². The molecule has 0 radical (unpaired) electrons. The Kier molecular flexibility index (Phi) is 5.71. The van der Waals surface area contributed by atoms with Gasteiger partial charge in [-0.2, -0.15) is 0 Å². The molecule has 3 aromatic rings. The van der Waals surface area contributed by atoms with Crippen LogP contribution >= 0.6 is 0 Å². The molecule has 2 N–H and O–H groups in total. The summed E-state index contributed by atoms with van der Waals surface area (Å²) in [6, 6.07) is 15.6. The van der Waals surface area contributed by atoms with Gasteiger partial charge in [0.05, 0.1) is 5.92 Å². The van der Waals surface area contributed by atoms with Gasteiger partial charge in [-0.25, -0.2) is 8.78 Å². The Morgan fingerprint density at radius 1 is 1.10 bits per heavy atom. The van der Waals surface area contributed by atoms with E-state index in [-0.39, 0.29) is 11.8 Å². The number of likely N-dealkylation sites (tertiary alicyclic amines) is 1. The van der Waals surface area contributed by atoms with Gasteiger partial charge < -0.3 is 10.3 Å². The molecule has 0 aliphatic carbocycles. The molecular formula is C23H23F2N3O. The Balaban J connectivity index is 1.35. The van der Waals surface area contributed by atoms with Crippen molar-refractivity contribution in [3.8, 4) is 11.3 Å². The van der Waals surface area contributed by atoms with Crippen LogP contribution in [0.2, 0.25) is 0 Å². The Labute approximate surface area is 168 Å². The number of amides is 1. The van der Waals surface area contributed by atoms with E-state index in [2.05, 4.69) is 15.2 Å². The third-order valence-corrected chi connectivity index (χ3v) is 5.33. The molecule has 1 fully saturated rings. The predicted octanol–water partition coefficient (Wildman–Crippen LogP) is 4.81. The maximum absolute atomic E-state index is 13.4. The number of hydrogen-bond donors (Lipinski definition) is 2. The molecule has 1 aromatic heterocycles. The first-order chi connectivity index (χ1) is 14.1. The molecule has 4 rings (SSSR count). The van der Waals surface area contributed by atoms with E-state index in [9.17, 15) is 13.6 Å². The van der Waals surface area contributed by atoms with Gasteiger partial charge in [0, 0.05) is 30.7 Å². The number of rotatable bonds is 5. The second kappa shape index (κ2) is 8.57. The summed E-state index contributed by atoms with van der Waals surface area (Å²) in [6.45, 7) is 1.95. The van der Waals surface area contributed by atoms with Crippen molar-refractivity contribution in [3.05, 3.63) is 78.0 Å². The Morgan fingerprint density at radius 3 is 2.66 bits per heavy atom. The summed E-state index contributed by atoms with van der Waals surface area (Å²) in [7, 11) is 0. The summed E-state index contributed by atoms with van der Waals surface area (Å²) in [6.07, 6.45) is 3.59. The summed E-state index contributed by atoms with van der Waals surface area (Å²) in [5.74, 6) is -1.81. The maximum Gasteiger partial charge on any atom is 0.228 e. The van der Waals surface area contributed by atoms with Crippen LogP contribution in [0.15, 0.2) is 60.8 Å². The van der Waals surface area contributed by atoms with Crippen molar-refractivity contribution in [2.24, 2.45) is 5.92 Å². The first-order valence-electron chi connectivity index (χ1n) is 9.79. The number of carbonyl (C=O) groups is 1. The quantitative estimate of drug-likeness (QED) is 0.651. The zero-order valence-corrected chi connectivity index (χ0v) is 16.0. The number of halogens is 2. The van der Waals surface area contributed by atoms with Crippen LogP contribution in [-0.2, 0) is 11.3 Å². The Bertz CT molecular complexity index is 970. The number of aromatic nitrogens is 1. The first-order valence-corrected chi connectivity index (χ1v) is 9.79. The monoisotopic (exact) mass is 395 g/mol. The summed E-state index contributed by atoms with van der Waals surface area (Å²) in [5, 5.41) is 3.00. The molecule has 0 bridgehead atoms. The molecule has 1 aliphatic rings. The number of nitrogens with zero attached hydrogens (tertiary/aromatic N) is 1. The van der Waals surface area contributed by atoms with Gasteiger partial charge in [0.2, 0.25) is 5.91 Å². The number of piperidine rings is 1. The average molecular weight is 395 g/mol. The van der Waals surface area contributed by atoms with Gasteiger partial charge in [-0.1, -0.05) is 18.2 Å². The maximum atomic E-state index is 13.4. The standard InChI is InChI=1S/C23H23F2N3O/c24-20-10-5-16(13-21(20)25)14-28-12-2-3-18(15-28)23(29)27-19-8-6-17(7-9-19)22-4-1-11-26-22/h1,4-11,13,18,26H,2-3,12,14-15H2,(H,27,29). The lowest BCUT2D eigenvalue weighted by Gasteiger charge is -2.32. The third kappa shape index (κ3) is 4.71. The smallest absolute Gasteiger partial charge is 0.228 e. The number of nitrogens with one attached hydrogen (secondary N) is 2. The summed E-state index contributed by atoms with van der Waals surface area (Å²) in [4.78, 5) is 18.0. The number of aromatic amines is 1. The zero-order valence-electron chi connectivity index (χ0n) is 16.0. The normalized spacial score (nSPS) is 17.2. The van der Waals surface area contributed by atoms with Crippen molar-refractivity contribution >= 4 is 11.6 Å². The number of hydrogen-bond acceptors (Lipinski definition) is 2. The van der Waals surface area contributed by atoms with E-state index < -0.39 is 11.6 Å². The van der Waals surface area contributed by atoms with E-state index >= 15 is 0 Å².